The predicted octanol–water partition coefficient (Wildman–Crippen LogP) is 3.73. The van der Waals surface area contributed by atoms with Crippen LogP contribution in [0.4, 0.5) is 0 Å². The van der Waals surface area contributed by atoms with Crippen LogP contribution in [0.3, 0.4) is 0 Å². The molecule has 18 heavy (non-hydrogen) atoms. The SMILES string of the molecule is CC(C)Cn1c(CBr)nnc1C1CC2CCC1C2. The molecule has 3 rings (SSSR count). The van der Waals surface area contributed by atoms with Crippen molar-refractivity contribution in [1.82, 2.24) is 14.8 Å². The molecule has 2 fully saturated rings. The summed E-state index contributed by atoms with van der Waals surface area (Å²) in [5, 5.41) is 9.72. The Labute approximate surface area is 117 Å². The van der Waals surface area contributed by atoms with E-state index in [1.54, 1.807) is 0 Å². The van der Waals surface area contributed by atoms with Crippen LogP contribution < -0.4 is 0 Å². The maximum atomic E-state index is 4.52. The second-order valence-electron chi connectivity index (χ2n) is 6.39. The Bertz CT molecular complexity index is 427. The summed E-state index contributed by atoms with van der Waals surface area (Å²) in [4.78, 5) is 0. The number of aromatic nitrogens is 3. The van der Waals surface area contributed by atoms with Crippen LogP contribution in [-0.4, -0.2) is 14.8 Å². The Hall–Kier alpha value is -0.380. The molecule has 3 atom stereocenters. The average molecular weight is 312 g/mol. The van der Waals surface area contributed by atoms with Crippen molar-refractivity contribution in [1.29, 1.82) is 0 Å². The highest BCUT2D eigenvalue weighted by molar-refractivity contribution is 9.08. The minimum Gasteiger partial charge on any atom is -0.314 e. The molecule has 0 saturated heterocycles. The van der Waals surface area contributed by atoms with Gasteiger partial charge < -0.3 is 4.57 Å². The van der Waals surface area contributed by atoms with E-state index >= 15 is 0 Å². The van der Waals surface area contributed by atoms with Crippen LogP contribution in [0, 0.1) is 17.8 Å². The third-order valence-corrected chi connectivity index (χ3v) is 5.09. The molecule has 0 spiro atoms. The normalized spacial score (nSPS) is 30.6. The molecule has 1 aromatic rings. The summed E-state index contributed by atoms with van der Waals surface area (Å²) in [5.41, 5.74) is 0. The third-order valence-electron chi connectivity index (χ3n) is 4.59. The largest absolute Gasteiger partial charge is 0.314 e. The van der Waals surface area contributed by atoms with Gasteiger partial charge in [-0.25, -0.2) is 0 Å². The summed E-state index contributed by atoms with van der Waals surface area (Å²) in [6, 6.07) is 0. The molecule has 3 unspecified atom stereocenters. The maximum Gasteiger partial charge on any atom is 0.143 e. The van der Waals surface area contributed by atoms with E-state index < -0.39 is 0 Å². The molecule has 0 radical (unpaired) electrons. The van der Waals surface area contributed by atoms with E-state index in [1.807, 2.05) is 0 Å². The van der Waals surface area contributed by atoms with Gasteiger partial charge in [-0.3, -0.25) is 0 Å². The van der Waals surface area contributed by atoms with Crippen LogP contribution in [0.2, 0.25) is 0 Å². The van der Waals surface area contributed by atoms with E-state index in [9.17, 15) is 0 Å². The molecule has 0 amide bonds. The fraction of sp³-hybridized carbons (Fsp3) is 0.857. The van der Waals surface area contributed by atoms with Gasteiger partial charge in [-0.15, -0.1) is 10.2 Å². The van der Waals surface area contributed by atoms with Gasteiger partial charge >= 0.3 is 0 Å². The Morgan fingerprint density at radius 2 is 2.11 bits per heavy atom. The number of fused-ring (bicyclic) bond motifs is 2. The molecule has 2 bridgehead atoms. The molecule has 0 aliphatic heterocycles. The predicted molar refractivity (Wildman–Crippen MR) is 75.7 cm³/mol. The van der Waals surface area contributed by atoms with Crippen molar-refractivity contribution in [3.8, 4) is 0 Å². The zero-order chi connectivity index (χ0) is 12.7. The Balaban J connectivity index is 1.89. The molecule has 4 heteroatoms. The first-order valence-electron chi connectivity index (χ1n) is 7.17. The zero-order valence-electron chi connectivity index (χ0n) is 11.3. The molecule has 3 nitrogen and oxygen atoms in total. The summed E-state index contributed by atoms with van der Waals surface area (Å²) in [6.45, 7) is 5.59. The monoisotopic (exact) mass is 311 g/mol. The lowest BCUT2D eigenvalue weighted by atomic mass is 9.88. The van der Waals surface area contributed by atoms with Crippen LogP contribution in [-0.2, 0) is 11.9 Å². The highest BCUT2D eigenvalue weighted by atomic mass is 79.9. The van der Waals surface area contributed by atoms with Gasteiger partial charge in [0.2, 0.25) is 0 Å². The van der Waals surface area contributed by atoms with Crippen LogP contribution in [0.15, 0.2) is 0 Å². The molecule has 2 aliphatic rings. The molecular formula is C14H22BrN3. The van der Waals surface area contributed by atoms with E-state index in [1.165, 1.54) is 31.5 Å². The average Bonchev–Trinajstić information content (AvgIpc) is 3.01. The number of halogens is 1. The number of hydrogen-bond donors (Lipinski definition) is 0. The first-order valence-corrected chi connectivity index (χ1v) is 8.29. The van der Waals surface area contributed by atoms with E-state index in [0.29, 0.717) is 11.8 Å². The zero-order valence-corrected chi connectivity index (χ0v) is 12.9. The van der Waals surface area contributed by atoms with Crippen LogP contribution in [0.25, 0.3) is 0 Å². The van der Waals surface area contributed by atoms with Gasteiger partial charge in [0.15, 0.2) is 0 Å². The third kappa shape index (κ3) is 2.13. The molecule has 2 saturated carbocycles. The smallest absolute Gasteiger partial charge is 0.143 e. The molecule has 1 heterocycles. The van der Waals surface area contributed by atoms with Crippen molar-refractivity contribution in [3.05, 3.63) is 11.6 Å². The molecule has 2 aliphatic carbocycles. The minimum absolute atomic E-state index is 0.649. The number of alkyl halides is 1. The lowest BCUT2D eigenvalue weighted by molar-refractivity contribution is 0.381. The van der Waals surface area contributed by atoms with Crippen molar-refractivity contribution in [2.24, 2.45) is 17.8 Å². The maximum absolute atomic E-state index is 4.52. The molecule has 0 N–H and O–H groups in total. The van der Waals surface area contributed by atoms with Crippen molar-refractivity contribution < 1.29 is 0 Å². The standard InChI is InChI=1S/C14H22BrN3/c1-9(2)8-18-13(7-15)16-17-14(18)12-6-10-3-4-11(12)5-10/h9-12H,3-8H2,1-2H3. The highest BCUT2D eigenvalue weighted by Gasteiger charge is 2.42. The van der Waals surface area contributed by atoms with Crippen LogP contribution >= 0.6 is 15.9 Å². The Morgan fingerprint density at radius 1 is 1.28 bits per heavy atom. The van der Waals surface area contributed by atoms with Gasteiger partial charge in [0.1, 0.15) is 11.6 Å². The van der Waals surface area contributed by atoms with Crippen molar-refractivity contribution in [2.75, 3.05) is 0 Å². The molecule has 100 valence electrons. The van der Waals surface area contributed by atoms with Gasteiger partial charge in [-0.05, 0) is 37.0 Å². The van der Waals surface area contributed by atoms with Crippen molar-refractivity contribution >= 4 is 15.9 Å². The quantitative estimate of drug-likeness (QED) is 0.793. The summed E-state index contributed by atoms with van der Waals surface area (Å²) >= 11 is 3.54. The second-order valence-corrected chi connectivity index (χ2v) is 6.95. The van der Waals surface area contributed by atoms with Gasteiger partial charge in [-0.1, -0.05) is 36.2 Å². The summed E-state index contributed by atoms with van der Waals surface area (Å²) in [6.07, 6.45) is 5.64. The van der Waals surface area contributed by atoms with Gasteiger partial charge in [0.05, 0.1) is 5.33 Å². The van der Waals surface area contributed by atoms with E-state index in [4.69, 9.17) is 0 Å². The first kappa shape index (κ1) is 12.6. The van der Waals surface area contributed by atoms with E-state index in [0.717, 1.165) is 29.5 Å². The van der Waals surface area contributed by atoms with Gasteiger partial charge in [-0.2, -0.15) is 0 Å². The van der Waals surface area contributed by atoms with Crippen LogP contribution in [0.5, 0.6) is 0 Å². The molecular weight excluding hydrogens is 290 g/mol. The van der Waals surface area contributed by atoms with E-state index in [2.05, 4.69) is 44.5 Å². The number of hydrogen-bond acceptors (Lipinski definition) is 2. The van der Waals surface area contributed by atoms with Crippen molar-refractivity contribution in [2.45, 2.75) is 57.3 Å². The minimum atomic E-state index is 0.649. The molecule has 1 aromatic heterocycles. The second kappa shape index (κ2) is 4.95. The Kier molecular flexibility index (Phi) is 3.48. The fourth-order valence-corrected chi connectivity index (χ4v) is 4.26. The highest BCUT2D eigenvalue weighted by Crippen LogP contribution is 2.52. The number of nitrogens with zero attached hydrogens (tertiary/aromatic N) is 3. The van der Waals surface area contributed by atoms with Gasteiger partial charge in [0, 0.05) is 12.5 Å². The first-order chi connectivity index (χ1) is 8.69. The summed E-state index contributed by atoms with van der Waals surface area (Å²) in [5.74, 6) is 5.55. The number of rotatable bonds is 4. The topological polar surface area (TPSA) is 30.7 Å². The van der Waals surface area contributed by atoms with E-state index in [-0.39, 0.29) is 0 Å². The summed E-state index contributed by atoms with van der Waals surface area (Å²) in [7, 11) is 0. The molecule has 0 aromatic carbocycles. The Morgan fingerprint density at radius 3 is 2.67 bits per heavy atom. The van der Waals surface area contributed by atoms with Crippen molar-refractivity contribution in [3.63, 3.8) is 0 Å². The van der Waals surface area contributed by atoms with Crippen LogP contribution in [0.1, 0.15) is 57.1 Å². The summed E-state index contributed by atoms with van der Waals surface area (Å²) < 4.78 is 2.38. The lowest BCUT2D eigenvalue weighted by Gasteiger charge is -2.22. The fourth-order valence-electron chi connectivity index (χ4n) is 3.85. The lowest BCUT2D eigenvalue weighted by Crippen LogP contribution is -2.18. The van der Waals surface area contributed by atoms with Gasteiger partial charge in [0.25, 0.3) is 0 Å².